The smallest absolute Gasteiger partial charge is 0.405 e. The minimum atomic E-state index is -4.79. The van der Waals surface area contributed by atoms with Gasteiger partial charge in [-0.3, -0.25) is 9.69 Å². The predicted molar refractivity (Wildman–Crippen MR) is 101 cm³/mol. The van der Waals surface area contributed by atoms with Crippen molar-refractivity contribution in [3.63, 3.8) is 0 Å². The Kier molecular flexibility index (Phi) is 8.12. The molecule has 1 saturated heterocycles. The van der Waals surface area contributed by atoms with Crippen LogP contribution >= 0.6 is 0 Å². The minimum absolute atomic E-state index is 0.000346. The lowest BCUT2D eigenvalue weighted by Crippen LogP contribution is -2.54. The molecule has 1 aliphatic heterocycles. The molecular formula is C19H27F3N4O3. The first-order chi connectivity index (χ1) is 13.7. The zero-order valence-corrected chi connectivity index (χ0v) is 16.7. The number of benzene rings is 1. The van der Waals surface area contributed by atoms with E-state index in [2.05, 4.69) is 10.1 Å². The minimum Gasteiger partial charge on any atom is -0.405 e. The van der Waals surface area contributed by atoms with Crippen LogP contribution in [0, 0.1) is 0 Å². The van der Waals surface area contributed by atoms with Crippen molar-refractivity contribution >= 4 is 11.9 Å². The number of carbonyl (C=O) groups is 2. The van der Waals surface area contributed by atoms with E-state index in [0.717, 1.165) is 0 Å². The van der Waals surface area contributed by atoms with Crippen LogP contribution in [0.3, 0.4) is 0 Å². The number of hydrogen-bond acceptors (Lipinski definition) is 4. The molecule has 0 bridgehead atoms. The number of para-hydroxylation sites is 1. The first-order valence-corrected chi connectivity index (χ1v) is 9.60. The third-order valence-corrected chi connectivity index (χ3v) is 4.72. The highest BCUT2D eigenvalue weighted by molar-refractivity contribution is 5.78. The van der Waals surface area contributed by atoms with Gasteiger partial charge in [0.2, 0.25) is 5.91 Å². The summed E-state index contributed by atoms with van der Waals surface area (Å²) < 4.78 is 41.4. The topological polar surface area (TPSA) is 65.1 Å². The number of nitrogens with zero attached hydrogens (tertiary/aromatic N) is 3. The van der Waals surface area contributed by atoms with Gasteiger partial charge in [-0.2, -0.15) is 0 Å². The van der Waals surface area contributed by atoms with E-state index in [0.29, 0.717) is 39.3 Å². The van der Waals surface area contributed by atoms with Gasteiger partial charge in [-0.25, -0.2) is 4.79 Å². The van der Waals surface area contributed by atoms with E-state index in [1.165, 1.54) is 18.2 Å². The van der Waals surface area contributed by atoms with E-state index in [1.54, 1.807) is 15.9 Å². The molecule has 2 rings (SSSR count). The second-order valence-electron chi connectivity index (χ2n) is 6.65. The molecule has 0 unspecified atom stereocenters. The second kappa shape index (κ2) is 10.3. The Morgan fingerprint density at radius 3 is 2.31 bits per heavy atom. The number of piperazine rings is 1. The van der Waals surface area contributed by atoms with E-state index >= 15 is 0 Å². The number of hydrogen-bond donors (Lipinski definition) is 1. The third-order valence-electron chi connectivity index (χ3n) is 4.72. The van der Waals surface area contributed by atoms with Gasteiger partial charge in [0.15, 0.2) is 0 Å². The Balaban J connectivity index is 1.79. The molecule has 1 aromatic rings. The summed E-state index contributed by atoms with van der Waals surface area (Å²) in [6.07, 6.45) is -4.79. The number of halogens is 3. The molecule has 1 aliphatic rings. The van der Waals surface area contributed by atoms with Crippen molar-refractivity contribution in [3.8, 4) is 5.75 Å². The molecule has 3 amide bonds. The molecule has 1 heterocycles. The second-order valence-corrected chi connectivity index (χ2v) is 6.65. The lowest BCUT2D eigenvalue weighted by molar-refractivity contribution is -0.274. The van der Waals surface area contributed by atoms with Crippen molar-refractivity contribution < 1.29 is 27.5 Å². The largest absolute Gasteiger partial charge is 0.573 e. The number of amides is 3. The summed E-state index contributed by atoms with van der Waals surface area (Å²) in [6.45, 7) is 7.41. The fourth-order valence-electron chi connectivity index (χ4n) is 3.12. The predicted octanol–water partition coefficient (Wildman–Crippen LogP) is 2.28. The lowest BCUT2D eigenvalue weighted by atomic mass is 10.2. The van der Waals surface area contributed by atoms with Crippen LogP contribution < -0.4 is 10.1 Å². The van der Waals surface area contributed by atoms with Crippen molar-refractivity contribution in [1.29, 1.82) is 0 Å². The van der Waals surface area contributed by atoms with Crippen LogP contribution in [-0.2, 0) is 11.3 Å². The van der Waals surface area contributed by atoms with Crippen LogP contribution in [0.25, 0.3) is 0 Å². The van der Waals surface area contributed by atoms with Crippen LogP contribution in [0.5, 0.6) is 5.75 Å². The summed E-state index contributed by atoms with van der Waals surface area (Å²) in [4.78, 5) is 30.0. The summed E-state index contributed by atoms with van der Waals surface area (Å²) in [5.74, 6) is -0.626. The first kappa shape index (κ1) is 22.8. The van der Waals surface area contributed by atoms with Crippen LogP contribution in [0.1, 0.15) is 19.4 Å². The number of ether oxygens (including phenoxy) is 1. The Bertz CT molecular complexity index is 688. The maximum Gasteiger partial charge on any atom is 0.573 e. The van der Waals surface area contributed by atoms with E-state index in [1.807, 2.05) is 18.7 Å². The zero-order valence-electron chi connectivity index (χ0n) is 16.7. The van der Waals surface area contributed by atoms with Gasteiger partial charge in [0.1, 0.15) is 5.75 Å². The molecule has 0 aromatic heterocycles. The van der Waals surface area contributed by atoms with Crippen LogP contribution in [0.15, 0.2) is 24.3 Å². The maximum absolute atomic E-state index is 12.5. The molecular weight excluding hydrogens is 389 g/mol. The Morgan fingerprint density at radius 1 is 1.10 bits per heavy atom. The van der Waals surface area contributed by atoms with E-state index < -0.39 is 6.36 Å². The molecule has 10 heteroatoms. The van der Waals surface area contributed by atoms with Gasteiger partial charge in [-0.15, -0.1) is 13.2 Å². The van der Waals surface area contributed by atoms with Crippen molar-refractivity contribution in [2.24, 2.45) is 0 Å². The van der Waals surface area contributed by atoms with Crippen LogP contribution in [-0.4, -0.2) is 78.8 Å². The molecule has 0 atom stereocenters. The molecule has 1 fully saturated rings. The molecule has 0 saturated carbocycles. The average Bonchev–Trinajstić information content (AvgIpc) is 2.67. The number of nitrogens with one attached hydrogen (secondary N) is 1. The summed E-state index contributed by atoms with van der Waals surface area (Å²) in [6, 6.07) is 5.70. The van der Waals surface area contributed by atoms with Gasteiger partial charge in [-0.1, -0.05) is 18.2 Å². The summed E-state index contributed by atoms with van der Waals surface area (Å²) in [5, 5.41) is 2.63. The van der Waals surface area contributed by atoms with Gasteiger partial charge in [0.05, 0.1) is 6.54 Å². The number of alkyl halides is 3. The van der Waals surface area contributed by atoms with Crippen molar-refractivity contribution in [3.05, 3.63) is 29.8 Å². The molecule has 1 N–H and O–H groups in total. The van der Waals surface area contributed by atoms with E-state index in [9.17, 15) is 22.8 Å². The summed E-state index contributed by atoms with van der Waals surface area (Å²) in [7, 11) is 0. The monoisotopic (exact) mass is 416 g/mol. The van der Waals surface area contributed by atoms with Crippen LogP contribution in [0.4, 0.5) is 18.0 Å². The molecule has 0 radical (unpaired) electrons. The van der Waals surface area contributed by atoms with E-state index in [4.69, 9.17) is 0 Å². The normalized spacial score (nSPS) is 15.1. The molecule has 7 nitrogen and oxygen atoms in total. The highest BCUT2D eigenvalue weighted by atomic mass is 19.4. The Labute approximate surface area is 168 Å². The molecule has 162 valence electrons. The van der Waals surface area contributed by atoms with Gasteiger partial charge < -0.3 is 19.9 Å². The average molecular weight is 416 g/mol. The maximum atomic E-state index is 12.5. The number of urea groups is 1. The first-order valence-electron chi connectivity index (χ1n) is 9.60. The highest BCUT2D eigenvalue weighted by Crippen LogP contribution is 2.26. The Hall–Kier alpha value is -2.49. The Morgan fingerprint density at radius 2 is 1.72 bits per heavy atom. The molecule has 29 heavy (non-hydrogen) atoms. The standard InChI is InChI=1S/C19H27F3N4O3/c1-3-25(4-2)18(28)26-11-9-24(10-12-26)14-17(27)23-13-15-7-5-6-8-16(15)29-19(20,21)22/h5-8H,3-4,9-14H2,1-2H3,(H,23,27). The zero-order chi connectivity index (χ0) is 21.4. The quantitative estimate of drug-likeness (QED) is 0.741. The lowest BCUT2D eigenvalue weighted by Gasteiger charge is -2.36. The number of rotatable bonds is 7. The molecule has 0 spiro atoms. The van der Waals surface area contributed by atoms with Gasteiger partial charge in [0.25, 0.3) is 0 Å². The van der Waals surface area contributed by atoms with E-state index in [-0.39, 0.29) is 36.3 Å². The van der Waals surface area contributed by atoms with Gasteiger partial charge >= 0.3 is 12.4 Å². The fourth-order valence-corrected chi connectivity index (χ4v) is 3.12. The fraction of sp³-hybridized carbons (Fsp3) is 0.579. The highest BCUT2D eigenvalue weighted by Gasteiger charge is 2.32. The van der Waals surface area contributed by atoms with Crippen molar-refractivity contribution in [1.82, 2.24) is 20.0 Å². The van der Waals surface area contributed by atoms with Crippen molar-refractivity contribution in [2.45, 2.75) is 26.8 Å². The van der Waals surface area contributed by atoms with Crippen LogP contribution in [0.2, 0.25) is 0 Å². The number of carbonyl (C=O) groups excluding carboxylic acids is 2. The van der Waals surface area contributed by atoms with Gasteiger partial charge in [-0.05, 0) is 19.9 Å². The summed E-state index contributed by atoms with van der Waals surface area (Å²) in [5.41, 5.74) is 0.243. The molecule has 0 aliphatic carbocycles. The van der Waals surface area contributed by atoms with Crippen molar-refractivity contribution in [2.75, 3.05) is 45.8 Å². The SMILES string of the molecule is CCN(CC)C(=O)N1CCN(CC(=O)NCc2ccccc2OC(F)(F)F)CC1. The summed E-state index contributed by atoms with van der Waals surface area (Å²) >= 11 is 0. The third kappa shape index (κ3) is 7.12. The van der Waals surface area contributed by atoms with Gasteiger partial charge in [0, 0.05) is 51.4 Å². The molecule has 1 aromatic carbocycles.